The van der Waals surface area contributed by atoms with Crippen LogP contribution in [0.4, 0.5) is 0 Å². The Morgan fingerprint density at radius 3 is 2.62 bits per heavy atom. The van der Waals surface area contributed by atoms with Gasteiger partial charge < -0.3 is 10.5 Å². The maximum Gasteiger partial charge on any atom is 0.105 e. The molecule has 2 heteroatoms. The quantitative estimate of drug-likeness (QED) is 0.745. The molecule has 0 spiro atoms. The van der Waals surface area contributed by atoms with E-state index >= 15 is 0 Å². The van der Waals surface area contributed by atoms with Crippen LogP contribution in [0.5, 0.6) is 0 Å². The summed E-state index contributed by atoms with van der Waals surface area (Å²) in [6, 6.07) is 10.3. The third kappa shape index (κ3) is 1.47. The Kier molecular flexibility index (Phi) is 2.34. The van der Waals surface area contributed by atoms with Crippen LogP contribution in [0.25, 0.3) is 0 Å². The maximum absolute atomic E-state index is 5.78. The molecular formula is C11H15NO. The molecule has 1 saturated heterocycles. The fourth-order valence-electron chi connectivity index (χ4n) is 1.95. The first-order chi connectivity index (χ1) is 6.37. The normalized spacial score (nSPS) is 27.8. The van der Waals surface area contributed by atoms with Crippen LogP contribution in [-0.4, -0.2) is 13.2 Å². The molecule has 1 fully saturated rings. The summed E-state index contributed by atoms with van der Waals surface area (Å²) in [6.45, 7) is 1.42. The zero-order chi connectivity index (χ0) is 9.15. The molecule has 70 valence electrons. The number of rotatable bonds is 2. The van der Waals surface area contributed by atoms with Gasteiger partial charge in [-0.2, -0.15) is 0 Å². The minimum atomic E-state index is -0.193. The van der Waals surface area contributed by atoms with Gasteiger partial charge in [0.2, 0.25) is 0 Å². The Bertz CT molecular complexity index is 265. The van der Waals surface area contributed by atoms with Gasteiger partial charge in [0.15, 0.2) is 0 Å². The van der Waals surface area contributed by atoms with E-state index in [9.17, 15) is 0 Å². The van der Waals surface area contributed by atoms with Crippen LogP contribution in [0.15, 0.2) is 30.3 Å². The lowest BCUT2D eigenvalue weighted by Gasteiger charge is -2.26. The van der Waals surface area contributed by atoms with Crippen LogP contribution in [0.3, 0.4) is 0 Å². The highest BCUT2D eigenvalue weighted by atomic mass is 16.5. The Morgan fingerprint density at radius 2 is 2.08 bits per heavy atom. The predicted molar refractivity (Wildman–Crippen MR) is 52.4 cm³/mol. The molecule has 1 unspecified atom stereocenters. The standard InChI is InChI=1S/C11H15NO/c12-9-11(7-4-8-13-11)10-5-2-1-3-6-10/h1-3,5-6H,4,7-9,12H2. The van der Waals surface area contributed by atoms with Crippen molar-refractivity contribution >= 4 is 0 Å². The van der Waals surface area contributed by atoms with E-state index < -0.39 is 0 Å². The van der Waals surface area contributed by atoms with E-state index in [2.05, 4.69) is 12.1 Å². The number of hydrogen-bond donors (Lipinski definition) is 1. The van der Waals surface area contributed by atoms with Crippen LogP contribution < -0.4 is 5.73 Å². The monoisotopic (exact) mass is 177 g/mol. The molecule has 0 bridgehead atoms. The second kappa shape index (κ2) is 3.48. The van der Waals surface area contributed by atoms with Gasteiger partial charge in [-0.15, -0.1) is 0 Å². The fraction of sp³-hybridized carbons (Fsp3) is 0.455. The van der Waals surface area contributed by atoms with Crippen LogP contribution in [-0.2, 0) is 10.3 Å². The Hall–Kier alpha value is -0.860. The van der Waals surface area contributed by atoms with E-state index in [0.717, 1.165) is 19.4 Å². The maximum atomic E-state index is 5.78. The van der Waals surface area contributed by atoms with Gasteiger partial charge >= 0.3 is 0 Å². The van der Waals surface area contributed by atoms with E-state index in [4.69, 9.17) is 10.5 Å². The van der Waals surface area contributed by atoms with Crippen LogP contribution in [0.2, 0.25) is 0 Å². The summed E-state index contributed by atoms with van der Waals surface area (Å²) in [5.74, 6) is 0. The summed E-state index contributed by atoms with van der Waals surface area (Å²) in [5, 5.41) is 0. The van der Waals surface area contributed by atoms with Crippen molar-refractivity contribution in [3.8, 4) is 0 Å². The lowest BCUT2D eigenvalue weighted by atomic mass is 9.91. The fourth-order valence-corrected chi connectivity index (χ4v) is 1.95. The molecule has 0 saturated carbocycles. The number of ether oxygens (including phenoxy) is 1. The second-order valence-electron chi connectivity index (χ2n) is 3.52. The second-order valence-corrected chi connectivity index (χ2v) is 3.52. The molecule has 0 amide bonds. The van der Waals surface area contributed by atoms with Crippen molar-refractivity contribution in [3.63, 3.8) is 0 Å². The number of nitrogens with two attached hydrogens (primary N) is 1. The molecule has 13 heavy (non-hydrogen) atoms. The number of benzene rings is 1. The average Bonchev–Trinajstić information content (AvgIpc) is 2.69. The molecule has 1 heterocycles. The van der Waals surface area contributed by atoms with Crippen LogP contribution >= 0.6 is 0 Å². The van der Waals surface area contributed by atoms with Gasteiger partial charge in [-0.3, -0.25) is 0 Å². The highest BCUT2D eigenvalue weighted by Gasteiger charge is 2.35. The zero-order valence-corrected chi connectivity index (χ0v) is 7.70. The summed E-state index contributed by atoms with van der Waals surface area (Å²) in [7, 11) is 0. The lowest BCUT2D eigenvalue weighted by Crippen LogP contribution is -2.34. The highest BCUT2D eigenvalue weighted by molar-refractivity contribution is 5.23. The molecule has 1 aromatic rings. The SMILES string of the molecule is NCC1(c2ccccc2)CCCO1. The van der Waals surface area contributed by atoms with Gasteiger partial charge in [-0.25, -0.2) is 0 Å². The van der Waals surface area contributed by atoms with Crippen molar-refractivity contribution in [2.45, 2.75) is 18.4 Å². The Balaban J connectivity index is 2.31. The minimum Gasteiger partial charge on any atom is -0.369 e. The van der Waals surface area contributed by atoms with Crippen LogP contribution in [0.1, 0.15) is 18.4 Å². The molecule has 2 rings (SSSR count). The molecule has 1 aliphatic rings. The summed E-state index contributed by atoms with van der Waals surface area (Å²) in [6.07, 6.45) is 2.17. The molecular weight excluding hydrogens is 162 g/mol. The van der Waals surface area contributed by atoms with Gasteiger partial charge in [0.1, 0.15) is 5.60 Å². The molecule has 0 aromatic heterocycles. The summed E-state index contributed by atoms with van der Waals surface area (Å²) in [5.41, 5.74) is 6.80. The Labute approximate surface area is 78.7 Å². The zero-order valence-electron chi connectivity index (χ0n) is 7.70. The Morgan fingerprint density at radius 1 is 1.31 bits per heavy atom. The van der Waals surface area contributed by atoms with E-state index in [-0.39, 0.29) is 5.60 Å². The summed E-state index contributed by atoms with van der Waals surface area (Å²) < 4.78 is 5.75. The smallest absolute Gasteiger partial charge is 0.105 e. The molecule has 0 radical (unpaired) electrons. The van der Waals surface area contributed by atoms with Crippen molar-refractivity contribution < 1.29 is 4.74 Å². The van der Waals surface area contributed by atoms with Crippen molar-refractivity contribution in [1.29, 1.82) is 0 Å². The first-order valence-electron chi connectivity index (χ1n) is 4.77. The molecule has 2 N–H and O–H groups in total. The largest absolute Gasteiger partial charge is 0.369 e. The van der Waals surface area contributed by atoms with Gasteiger partial charge in [-0.05, 0) is 18.4 Å². The minimum absolute atomic E-state index is 0.193. The van der Waals surface area contributed by atoms with E-state index in [1.807, 2.05) is 18.2 Å². The molecule has 1 aromatic carbocycles. The van der Waals surface area contributed by atoms with Gasteiger partial charge in [0.05, 0.1) is 0 Å². The topological polar surface area (TPSA) is 35.2 Å². The van der Waals surface area contributed by atoms with Crippen molar-refractivity contribution in [3.05, 3.63) is 35.9 Å². The van der Waals surface area contributed by atoms with Crippen molar-refractivity contribution in [2.75, 3.05) is 13.2 Å². The van der Waals surface area contributed by atoms with E-state index in [1.165, 1.54) is 5.56 Å². The average molecular weight is 177 g/mol. The summed E-state index contributed by atoms with van der Waals surface area (Å²) >= 11 is 0. The van der Waals surface area contributed by atoms with Crippen LogP contribution in [0, 0.1) is 0 Å². The third-order valence-corrected chi connectivity index (χ3v) is 2.73. The first kappa shape index (κ1) is 8.73. The molecule has 1 atom stereocenters. The van der Waals surface area contributed by atoms with Gasteiger partial charge in [-0.1, -0.05) is 30.3 Å². The highest BCUT2D eigenvalue weighted by Crippen LogP contribution is 2.34. The van der Waals surface area contributed by atoms with Gasteiger partial charge in [0, 0.05) is 13.2 Å². The number of hydrogen-bond acceptors (Lipinski definition) is 2. The predicted octanol–water partition coefficient (Wildman–Crippen LogP) is 1.65. The van der Waals surface area contributed by atoms with E-state index in [0.29, 0.717) is 6.54 Å². The molecule has 1 aliphatic heterocycles. The molecule has 2 nitrogen and oxygen atoms in total. The molecule has 0 aliphatic carbocycles. The first-order valence-corrected chi connectivity index (χ1v) is 4.77. The van der Waals surface area contributed by atoms with Crippen molar-refractivity contribution in [2.24, 2.45) is 5.73 Å². The van der Waals surface area contributed by atoms with E-state index in [1.54, 1.807) is 0 Å². The van der Waals surface area contributed by atoms with Gasteiger partial charge in [0.25, 0.3) is 0 Å². The third-order valence-electron chi connectivity index (χ3n) is 2.73. The lowest BCUT2D eigenvalue weighted by molar-refractivity contribution is 0.00800. The van der Waals surface area contributed by atoms with Crippen molar-refractivity contribution in [1.82, 2.24) is 0 Å². The summed E-state index contributed by atoms with van der Waals surface area (Å²) in [4.78, 5) is 0.